The first-order valence-corrected chi connectivity index (χ1v) is 8.82. The number of benzene rings is 1. The molecule has 1 aromatic heterocycles. The molecule has 0 spiro atoms. The van der Waals surface area contributed by atoms with Gasteiger partial charge in [0.15, 0.2) is 0 Å². The van der Waals surface area contributed by atoms with E-state index < -0.39 is 21.0 Å². The molecule has 0 radical (unpaired) electrons. The van der Waals surface area contributed by atoms with Crippen LogP contribution in [-0.2, 0) is 0 Å². The molecule has 4 rings (SSSR count). The Labute approximate surface area is 153 Å². The number of pyridine rings is 1. The molecule has 142 valence electrons. The second-order valence-electron chi connectivity index (χ2n) is 7.14. The third-order valence-corrected chi connectivity index (χ3v) is 5.29. The van der Waals surface area contributed by atoms with Crippen LogP contribution in [0.2, 0.25) is 0 Å². The molecule has 10 heteroatoms. The molecule has 10 nitrogen and oxygen atoms in total. The summed E-state index contributed by atoms with van der Waals surface area (Å²) in [5.74, 6) is 0. The number of likely N-dealkylation sites (N-methyl/N-ethyl adjacent to an activating group) is 1. The lowest BCUT2D eigenvalue weighted by Gasteiger charge is -2.33. The number of nitrogens with zero attached hydrogens (tertiary/aromatic N) is 5. The van der Waals surface area contributed by atoms with Gasteiger partial charge in [-0.15, -0.1) is 0 Å². The van der Waals surface area contributed by atoms with Gasteiger partial charge in [0.25, 0.3) is 11.1 Å². The zero-order valence-corrected chi connectivity index (χ0v) is 14.8. The number of fused-ring (bicyclic) bond motifs is 1. The predicted octanol–water partition coefficient (Wildman–Crippen LogP) is 1.90. The van der Waals surface area contributed by atoms with Crippen LogP contribution in [0.15, 0.2) is 23.1 Å². The average Bonchev–Trinajstić information content (AvgIpc) is 3.46. The largest absolute Gasteiger partial charge is 0.363 e. The van der Waals surface area contributed by atoms with Crippen LogP contribution in [0.5, 0.6) is 0 Å². The zero-order valence-electron chi connectivity index (χ0n) is 14.8. The summed E-state index contributed by atoms with van der Waals surface area (Å²) in [5.41, 5.74) is -0.529. The molecular weight excluding hydrogens is 354 g/mol. The van der Waals surface area contributed by atoms with Crippen molar-refractivity contribution in [3.05, 3.63) is 48.8 Å². The van der Waals surface area contributed by atoms with Crippen LogP contribution >= 0.6 is 0 Å². The predicted molar refractivity (Wildman–Crippen MR) is 99.5 cm³/mol. The molecule has 1 aromatic carbocycles. The van der Waals surface area contributed by atoms with Crippen LogP contribution in [-0.4, -0.2) is 52.5 Å². The first-order valence-electron chi connectivity index (χ1n) is 8.82. The molecule has 1 aliphatic carbocycles. The fraction of sp³-hybridized carbons (Fsp3) is 0.471. The van der Waals surface area contributed by atoms with Crippen LogP contribution in [0.25, 0.3) is 10.9 Å². The molecule has 1 saturated heterocycles. The van der Waals surface area contributed by atoms with Crippen LogP contribution in [0.3, 0.4) is 0 Å². The fourth-order valence-electron chi connectivity index (χ4n) is 3.59. The number of nitro groups is 2. The van der Waals surface area contributed by atoms with Crippen molar-refractivity contribution in [2.24, 2.45) is 0 Å². The van der Waals surface area contributed by atoms with E-state index in [1.165, 1.54) is 12.3 Å². The summed E-state index contributed by atoms with van der Waals surface area (Å²) in [6.07, 6.45) is 3.02. The molecule has 2 heterocycles. The van der Waals surface area contributed by atoms with Gasteiger partial charge < -0.3 is 14.4 Å². The SMILES string of the molecule is CN1CCN(c2cc3c(cc2[N+](=O)[O-])c(=O)c([N+](=O)[O-])cn3C2CC2)CC1. The first kappa shape index (κ1) is 17.4. The van der Waals surface area contributed by atoms with Crippen molar-refractivity contribution in [2.45, 2.75) is 18.9 Å². The summed E-state index contributed by atoms with van der Waals surface area (Å²) in [6.45, 7) is 2.85. The Morgan fingerprint density at radius 2 is 1.63 bits per heavy atom. The number of piperazine rings is 1. The van der Waals surface area contributed by atoms with Crippen LogP contribution in [0, 0.1) is 20.2 Å². The Hall–Kier alpha value is -3.01. The monoisotopic (exact) mass is 373 g/mol. The molecule has 2 fully saturated rings. The standard InChI is InChI=1S/C17H19N5O5/c1-18-4-6-19(7-5-18)14-9-13-12(8-15(14)21(24)25)17(23)16(22(26)27)10-20(13)11-2-3-11/h8-11H,2-7H2,1H3. The van der Waals surface area contributed by atoms with E-state index in [4.69, 9.17) is 0 Å². The Balaban J connectivity index is 1.96. The minimum absolute atomic E-state index is 0.0284. The maximum absolute atomic E-state index is 12.6. The molecule has 0 N–H and O–H groups in total. The molecule has 0 bridgehead atoms. The lowest BCUT2D eigenvalue weighted by atomic mass is 10.1. The van der Waals surface area contributed by atoms with E-state index in [2.05, 4.69) is 4.90 Å². The molecule has 27 heavy (non-hydrogen) atoms. The molecule has 1 aliphatic heterocycles. The van der Waals surface area contributed by atoms with Gasteiger partial charge in [-0.25, -0.2) is 0 Å². The smallest absolute Gasteiger partial charge is 0.333 e. The van der Waals surface area contributed by atoms with Gasteiger partial charge in [0.05, 0.1) is 26.9 Å². The molecular formula is C17H19N5O5. The minimum Gasteiger partial charge on any atom is -0.363 e. The fourth-order valence-corrected chi connectivity index (χ4v) is 3.59. The summed E-state index contributed by atoms with van der Waals surface area (Å²) < 4.78 is 1.73. The highest BCUT2D eigenvalue weighted by molar-refractivity contribution is 5.89. The lowest BCUT2D eigenvalue weighted by Crippen LogP contribution is -2.44. The summed E-state index contributed by atoms with van der Waals surface area (Å²) in [6, 6.07) is 2.95. The Bertz CT molecular complexity index is 1000. The van der Waals surface area contributed by atoms with Crippen molar-refractivity contribution in [1.29, 1.82) is 0 Å². The van der Waals surface area contributed by atoms with Crippen molar-refractivity contribution in [3.63, 3.8) is 0 Å². The van der Waals surface area contributed by atoms with Crippen molar-refractivity contribution >= 4 is 28.0 Å². The zero-order chi connectivity index (χ0) is 19.3. The molecule has 1 saturated carbocycles. The number of aromatic nitrogens is 1. The third kappa shape index (κ3) is 3.01. The van der Waals surface area contributed by atoms with Gasteiger partial charge in [-0.05, 0) is 26.0 Å². The molecule has 0 unspecified atom stereocenters. The number of anilines is 1. The van der Waals surface area contributed by atoms with Crippen LogP contribution in [0.1, 0.15) is 18.9 Å². The number of hydrogen-bond donors (Lipinski definition) is 0. The Kier molecular flexibility index (Phi) is 4.06. The Morgan fingerprint density at radius 1 is 1.00 bits per heavy atom. The summed E-state index contributed by atoms with van der Waals surface area (Å²) in [5, 5.41) is 23.0. The third-order valence-electron chi connectivity index (χ3n) is 5.29. The maximum atomic E-state index is 12.6. The number of hydrogen-bond acceptors (Lipinski definition) is 7. The molecule has 0 amide bonds. The molecule has 2 aliphatic rings. The molecule has 0 atom stereocenters. The van der Waals surface area contributed by atoms with E-state index >= 15 is 0 Å². The van der Waals surface area contributed by atoms with Gasteiger partial charge in [0.2, 0.25) is 0 Å². The topological polar surface area (TPSA) is 115 Å². The number of rotatable bonds is 4. The second kappa shape index (κ2) is 6.31. The van der Waals surface area contributed by atoms with Crippen molar-refractivity contribution in [3.8, 4) is 0 Å². The van der Waals surface area contributed by atoms with E-state index in [1.54, 1.807) is 10.6 Å². The second-order valence-corrected chi connectivity index (χ2v) is 7.14. The van der Waals surface area contributed by atoms with E-state index in [0.29, 0.717) is 24.3 Å². The quantitative estimate of drug-likeness (QED) is 0.594. The first-order chi connectivity index (χ1) is 12.9. The van der Waals surface area contributed by atoms with E-state index in [9.17, 15) is 25.0 Å². The van der Waals surface area contributed by atoms with Crippen molar-refractivity contribution < 1.29 is 9.85 Å². The van der Waals surface area contributed by atoms with Gasteiger partial charge in [0, 0.05) is 38.3 Å². The highest BCUT2D eigenvalue weighted by Crippen LogP contribution is 2.40. The summed E-state index contributed by atoms with van der Waals surface area (Å²) in [4.78, 5) is 38.4. The minimum atomic E-state index is -0.778. The highest BCUT2D eigenvalue weighted by Gasteiger charge is 2.31. The van der Waals surface area contributed by atoms with Crippen LogP contribution in [0.4, 0.5) is 17.1 Å². The summed E-state index contributed by atoms with van der Waals surface area (Å²) in [7, 11) is 2.00. The normalized spacial score (nSPS) is 18.0. The van der Waals surface area contributed by atoms with Crippen molar-refractivity contribution in [2.75, 3.05) is 38.1 Å². The number of nitro benzene ring substituents is 1. The van der Waals surface area contributed by atoms with E-state index in [0.717, 1.165) is 25.9 Å². The van der Waals surface area contributed by atoms with E-state index in [1.807, 2.05) is 11.9 Å². The maximum Gasteiger partial charge on any atom is 0.333 e. The van der Waals surface area contributed by atoms with Gasteiger partial charge in [0.1, 0.15) is 5.69 Å². The van der Waals surface area contributed by atoms with Crippen molar-refractivity contribution in [1.82, 2.24) is 9.47 Å². The van der Waals surface area contributed by atoms with Gasteiger partial charge >= 0.3 is 5.69 Å². The lowest BCUT2D eigenvalue weighted by molar-refractivity contribution is -0.386. The summed E-state index contributed by atoms with van der Waals surface area (Å²) >= 11 is 0. The van der Waals surface area contributed by atoms with Gasteiger partial charge in [-0.1, -0.05) is 0 Å². The molecule has 2 aromatic rings. The van der Waals surface area contributed by atoms with Gasteiger partial charge in [-0.2, -0.15) is 0 Å². The highest BCUT2D eigenvalue weighted by atomic mass is 16.6. The van der Waals surface area contributed by atoms with Gasteiger partial charge in [-0.3, -0.25) is 25.0 Å². The van der Waals surface area contributed by atoms with E-state index in [-0.39, 0.29) is 17.1 Å². The Morgan fingerprint density at radius 3 is 2.19 bits per heavy atom. The average molecular weight is 373 g/mol. The van der Waals surface area contributed by atoms with Crippen LogP contribution < -0.4 is 10.3 Å².